The first-order chi connectivity index (χ1) is 8.94. The van der Waals surface area contributed by atoms with Crippen LogP contribution in [0.15, 0.2) is 0 Å². The molecule has 0 aliphatic heterocycles. The van der Waals surface area contributed by atoms with Gasteiger partial charge in [0.1, 0.15) is 0 Å². The van der Waals surface area contributed by atoms with Crippen molar-refractivity contribution in [3.63, 3.8) is 0 Å². The molecule has 1 saturated carbocycles. The van der Waals surface area contributed by atoms with Crippen LogP contribution in [0.5, 0.6) is 0 Å². The second-order valence-electron chi connectivity index (χ2n) is 5.35. The molecule has 1 aliphatic carbocycles. The number of hydrogen-bond acceptors (Lipinski definition) is 3. The highest BCUT2D eigenvalue weighted by Crippen LogP contribution is 2.26. The molecule has 0 bridgehead atoms. The van der Waals surface area contributed by atoms with Crippen LogP contribution in [-0.4, -0.2) is 32.7 Å². The Hall–Kier alpha value is -0.620. The van der Waals surface area contributed by atoms with E-state index in [1.165, 1.54) is 19.3 Å². The molecule has 2 N–H and O–H groups in total. The van der Waals surface area contributed by atoms with Gasteiger partial charge in [0.15, 0.2) is 0 Å². The van der Waals surface area contributed by atoms with Crippen LogP contribution in [0.2, 0.25) is 0 Å². The molecule has 1 unspecified atom stereocenters. The van der Waals surface area contributed by atoms with Gasteiger partial charge in [-0.15, -0.1) is 0 Å². The number of nitrogens with one attached hydrogen (secondary N) is 2. The summed E-state index contributed by atoms with van der Waals surface area (Å²) in [4.78, 5) is 11.5. The molecule has 0 saturated heterocycles. The summed E-state index contributed by atoms with van der Waals surface area (Å²) in [6, 6.07) is -0.698. The van der Waals surface area contributed by atoms with Crippen molar-refractivity contribution in [2.45, 2.75) is 58.4 Å². The maximum absolute atomic E-state index is 11.9. The number of carbonyl (C=O) groups is 1. The lowest BCUT2D eigenvalue weighted by Gasteiger charge is -2.21. The highest BCUT2D eigenvalue weighted by atomic mass is 32.2. The smallest absolute Gasteiger partial charge is 0.237 e. The van der Waals surface area contributed by atoms with E-state index in [0.717, 1.165) is 12.8 Å². The van der Waals surface area contributed by atoms with Crippen LogP contribution >= 0.6 is 0 Å². The number of likely N-dealkylation sites (N-methyl/N-ethyl adjacent to an activating group) is 1. The van der Waals surface area contributed by atoms with Gasteiger partial charge in [-0.25, -0.2) is 13.1 Å². The minimum Gasteiger partial charge on any atom is -0.355 e. The zero-order valence-electron chi connectivity index (χ0n) is 11.9. The standard InChI is InChI=1S/C13H26N2O3S/c1-3-14-13(16)11(2)15-19(17,18)10-9-12-7-5-4-6-8-12/h11-12,15H,3-10H2,1-2H3,(H,14,16). The van der Waals surface area contributed by atoms with Gasteiger partial charge < -0.3 is 5.32 Å². The molecule has 112 valence electrons. The molecule has 6 heteroatoms. The molecular weight excluding hydrogens is 264 g/mol. The number of hydrogen-bond donors (Lipinski definition) is 2. The third-order valence-corrected chi connectivity index (χ3v) is 5.11. The fourth-order valence-corrected chi connectivity index (χ4v) is 3.91. The van der Waals surface area contributed by atoms with Gasteiger partial charge in [0.25, 0.3) is 0 Å². The average molecular weight is 290 g/mol. The van der Waals surface area contributed by atoms with Crippen molar-refractivity contribution in [2.24, 2.45) is 5.92 Å². The van der Waals surface area contributed by atoms with Crippen LogP contribution < -0.4 is 10.0 Å². The summed E-state index contributed by atoms with van der Waals surface area (Å²) in [6.07, 6.45) is 6.69. The number of amides is 1. The van der Waals surface area contributed by atoms with E-state index in [2.05, 4.69) is 10.0 Å². The Labute approximate surface area is 116 Å². The Bertz CT molecular complexity index is 375. The molecule has 19 heavy (non-hydrogen) atoms. The molecule has 0 radical (unpaired) electrons. The number of rotatable bonds is 7. The highest BCUT2D eigenvalue weighted by Gasteiger charge is 2.22. The molecule has 0 spiro atoms. The third-order valence-electron chi connectivity index (χ3n) is 3.62. The van der Waals surface area contributed by atoms with Gasteiger partial charge in [0, 0.05) is 6.54 Å². The van der Waals surface area contributed by atoms with Crippen molar-refractivity contribution in [2.75, 3.05) is 12.3 Å². The van der Waals surface area contributed by atoms with Crippen molar-refractivity contribution < 1.29 is 13.2 Å². The van der Waals surface area contributed by atoms with Gasteiger partial charge >= 0.3 is 0 Å². The molecule has 0 aromatic heterocycles. The molecule has 1 fully saturated rings. The zero-order valence-corrected chi connectivity index (χ0v) is 12.8. The molecule has 5 nitrogen and oxygen atoms in total. The van der Waals surface area contributed by atoms with Gasteiger partial charge in [-0.05, 0) is 26.2 Å². The largest absolute Gasteiger partial charge is 0.355 e. The van der Waals surface area contributed by atoms with Crippen molar-refractivity contribution in [1.29, 1.82) is 0 Å². The summed E-state index contributed by atoms with van der Waals surface area (Å²) in [5, 5.41) is 2.61. The number of carbonyl (C=O) groups excluding carboxylic acids is 1. The fourth-order valence-electron chi connectivity index (χ4n) is 2.51. The van der Waals surface area contributed by atoms with Crippen molar-refractivity contribution in [3.8, 4) is 0 Å². The Kier molecular flexibility index (Phi) is 6.79. The maximum atomic E-state index is 11.9. The summed E-state index contributed by atoms with van der Waals surface area (Å²) in [7, 11) is -3.35. The SMILES string of the molecule is CCNC(=O)C(C)NS(=O)(=O)CCC1CCCCC1. The second kappa shape index (κ2) is 7.85. The zero-order chi connectivity index (χ0) is 14.3. The molecule has 0 aromatic rings. The van der Waals surface area contributed by atoms with Crippen LogP contribution in [0.4, 0.5) is 0 Å². The van der Waals surface area contributed by atoms with E-state index in [-0.39, 0.29) is 11.7 Å². The van der Waals surface area contributed by atoms with Crippen molar-refractivity contribution >= 4 is 15.9 Å². The van der Waals surface area contributed by atoms with Gasteiger partial charge in [-0.1, -0.05) is 32.1 Å². The summed E-state index contributed by atoms with van der Waals surface area (Å²) < 4.78 is 26.2. The van der Waals surface area contributed by atoms with Gasteiger partial charge in [0.2, 0.25) is 15.9 Å². The summed E-state index contributed by atoms with van der Waals surface area (Å²) >= 11 is 0. The molecule has 1 amide bonds. The van der Waals surface area contributed by atoms with Crippen molar-refractivity contribution in [1.82, 2.24) is 10.0 Å². The van der Waals surface area contributed by atoms with Crippen LogP contribution in [0.3, 0.4) is 0 Å². The topological polar surface area (TPSA) is 75.3 Å². The Morgan fingerprint density at radius 1 is 1.26 bits per heavy atom. The second-order valence-corrected chi connectivity index (χ2v) is 7.22. The van der Waals surface area contributed by atoms with E-state index in [1.54, 1.807) is 6.92 Å². The molecule has 1 rings (SSSR count). The Morgan fingerprint density at radius 3 is 2.47 bits per heavy atom. The first kappa shape index (κ1) is 16.4. The van der Waals surface area contributed by atoms with Crippen LogP contribution in [-0.2, 0) is 14.8 Å². The maximum Gasteiger partial charge on any atom is 0.237 e. The van der Waals surface area contributed by atoms with Gasteiger partial charge in [0.05, 0.1) is 11.8 Å². The molecule has 1 atom stereocenters. The monoisotopic (exact) mass is 290 g/mol. The predicted octanol–water partition coefficient (Wildman–Crippen LogP) is 1.40. The highest BCUT2D eigenvalue weighted by molar-refractivity contribution is 7.89. The van der Waals surface area contributed by atoms with E-state index in [1.807, 2.05) is 6.92 Å². The minimum atomic E-state index is -3.35. The van der Waals surface area contributed by atoms with Gasteiger partial charge in [-0.3, -0.25) is 4.79 Å². The van der Waals surface area contributed by atoms with Crippen molar-refractivity contribution in [3.05, 3.63) is 0 Å². The molecule has 0 aromatic carbocycles. The van der Waals surface area contributed by atoms with E-state index in [4.69, 9.17) is 0 Å². The lowest BCUT2D eigenvalue weighted by molar-refractivity contribution is -0.122. The summed E-state index contributed by atoms with van der Waals surface area (Å²) in [5.41, 5.74) is 0. The molecule has 1 aliphatic rings. The first-order valence-corrected chi connectivity index (χ1v) is 8.87. The predicted molar refractivity (Wildman–Crippen MR) is 76.3 cm³/mol. The van der Waals surface area contributed by atoms with Gasteiger partial charge in [-0.2, -0.15) is 0 Å². The summed E-state index contributed by atoms with van der Waals surface area (Å²) in [6.45, 7) is 3.89. The van der Waals surface area contributed by atoms with Crippen LogP contribution in [0.1, 0.15) is 52.4 Å². The first-order valence-electron chi connectivity index (χ1n) is 7.22. The average Bonchev–Trinajstić information content (AvgIpc) is 2.37. The third kappa shape index (κ3) is 6.38. The lowest BCUT2D eigenvalue weighted by Crippen LogP contribution is -2.45. The van der Waals surface area contributed by atoms with E-state index < -0.39 is 16.1 Å². The quantitative estimate of drug-likeness (QED) is 0.744. The van der Waals surface area contributed by atoms with Crippen LogP contribution in [0, 0.1) is 5.92 Å². The summed E-state index contributed by atoms with van der Waals surface area (Å²) in [5.74, 6) is 0.385. The van der Waals surface area contributed by atoms with Crippen LogP contribution in [0.25, 0.3) is 0 Å². The molecular formula is C13H26N2O3S. The molecule has 0 heterocycles. The Morgan fingerprint density at radius 2 is 1.89 bits per heavy atom. The van der Waals surface area contributed by atoms with E-state index >= 15 is 0 Å². The van der Waals surface area contributed by atoms with E-state index in [9.17, 15) is 13.2 Å². The number of sulfonamides is 1. The minimum absolute atomic E-state index is 0.126. The fraction of sp³-hybridized carbons (Fsp3) is 0.923. The lowest BCUT2D eigenvalue weighted by atomic mass is 9.88. The Balaban J connectivity index is 2.36. The normalized spacial score (nSPS) is 19.1. The van der Waals surface area contributed by atoms with E-state index in [0.29, 0.717) is 18.9 Å².